The van der Waals surface area contributed by atoms with E-state index in [4.69, 9.17) is 0 Å². The molecular formula is C18H34N2. The van der Waals surface area contributed by atoms with Gasteiger partial charge >= 0.3 is 0 Å². The molecule has 1 saturated carbocycles. The van der Waals surface area contributed by atoms with Gasteiger partial charge in [-0.3, -0.25) is 4.90 Å². The Labute approximate surface area is 125 Å². The van der Waals surface area contributed by atoms with Gasteiger partial charge in [0.05, 0.1) is 0 Å². The van der Waals surface area contributed by atoms with E-state index in [1.165, 1.54) is 70.8 Å². The fourth-order valence-electron chi connectivity index (χ4n) is 5.28. The van der Waals surface area contributed by atoms with Crippen molar-refractivity contribution in [1.29, 1.82) is 0 Å². The van der Waals surface area contributed by atoms with Gasteiger partial charge in [-0.2, -0.15) is 0 Å². The summed E-state index contributed by atoms with van der Waals surface area (Å²) in [5.74, 6) is 0.975. The van der Waals surface area contributed by atoms with Crippen molar-refractivity contribution in [2.45, 2.75) is 102 Å². The molecule has 0 radical (unpaired) electrons. The first kappa shape index (κ1) is 14.8. The molecule has 4 atom stereocenters. The second kappa shape index (κ2) is 6.79. The summed E-state index contributed by atoms with van der Waals surface area (Å²) in [6, 6.07) is 3.45. The van der Waals surface area contributed by atoms with Crippen molar-refractivity contribution >= 4 is 0 Å². The molecule has 2 nitrogen and oxygen atoms in total. The lowest BCUT2D eigenvalue weighted by atomic mass is 9.80. The fourth-order valence-corrected chi connectivity index (χ4v) is 5.28. The van der Waals surface area contributed by atoms with Gasteiger partial charge in [0.15, 0.2) is 0 Å². The molecule has 3 fully saturated rings. The summed E-state index contributed by atoms with van der Waals surface area (Å²) in [4.78, 5) is 2.97. The van der Waals surface area contributed by atoms with Gasteiger partial charge in [-0.05, 0) is 57.4 Å². The van der Waals surface area contributed by atoms with Crippen LogP contribution in [0, 0.1) is 5.92 Å². The van der Waals surface area contributed by atoms with E-state index in [9.17, 15) is 0 Å². The van der Waals surface area contributed by atoms with Crippen molar-refractivity contribution in [3.63, 3.8) is 0 Å². The highest BCUT2D eigenvalue weighted by Gasteiger charge is 2.39. The van der Waals surface area contributed by atoms with Crippen LogP contribution in [-0.4, -0.2) is 35.6 Å². The van der Waals surface area contributed by atoms with Crippen molar-refractivity contribution in [3.8, 4) is 0 Å². The number of hydrogen-bond donors (Lipinski definition) is 1. The van der Waals surface area contributed by atoms with Crippen LogP contribution in [0.2, 0.25) is 0 Å². The Kier molecular flexibility index (Phi) is 5.04. The van der Waals surface area contributed by atoms with Gasteiger partial charge in [-0.1, -0.05) is 33.1 Å². The normalized spacial score (nSPS) is 41.2. The lowest BCUT2D eigenvalue weighted by Gasteiger charge is -2.46. The zero-order chi connectivity index (χ0) is 13.9. The average molecular weight is 278 g/mol. The van der Waals surface area contributed by atoms with Gasteiger partial charge in [-0.25, -0.2) is 0 Å². The number of piperidine rings is 1. The van der Waals surface area contributed by atoms with Crippen LogP contribution in [0.3, 0.4) is 0 Å². The molecular weight excluding hydrogens is 244 g/mol. The highest BCUT2D eigenvalue weighted by molar-refractivity contribution is 4.98. The van der Waals surface area contributed by atoms with Crippen LogP contribution in [-0.2, 0) is 0 Å². The van der Waals surface area contributed by atoms with Crippen molar-refractivity contribution in [3.05, 3.63) is 0 Å². The Bertz CT molecular complexity index is 292. The zero-order valence-electron chi connectivity index (χ0n) is 13.6. The van der Waals surface area contributed by atoms with Gasteiger partial charge in [0.2, 0.25) is 0 Å². The molecule has 3 aliphatic rings. The monoisotopic (exact) mass is 278 g/mol. The van der Waals surface area contributed by atoms with Crippen molar-refractivity contribution in [2.24, 2.45) is 5.92 Å². The Morgan fingerprint density at radius 2 is 1.65 bits per heavy atom. The number of nitrogens with zero attached hydrogens (tertiary/aromatic N) is 1. The molecule has 2 aliphatic heterocycles. The SMILES string of the molecule is CCCN(C1CC2CCC(C1)N2)C1CCCCC1CC. The van der Waals surface area contributed by atoms with E-state index in [-0.39, 0.29) is 0 Å². The average Bonchev–Trinajstić information content (AvgIpc) is 2.83. The summed E-state index contributed by atoms with van der Waals surface area (Å²) in [7, 11) is 0. The van der Waals surface area contributed by atoms with E-state index in [2.05, 4.69) is 24.1 Å². The molecule has 2 heteroatoms. The third-order valence-corrected chi connectivity index (χ3v) is 6.22. The summed E-state index contributed by atoms with van der Waals surface area (Å²) in [6.07, 6.45) is 14.3. The molecule has 2 bridgehead atoms. The molecule has 0 aromatic heterocycles. The minimum Gasteiger partial charge on any atom is -0.311 e. The van der Waals surface area contributed by atoms with Gasteiger partial charge in [0.25, 0.3) is 0 Å². The van der Waals surface area contributed by atoms with E-state index in [0.717, 1.165) is 30.1 Å². The summed E-state index contributed by atoms with van der Waals surface area (Å²) in [5, 5.41) is 3.82. The highest BCUT2D eigenvalue weighted by atomic mass is 15.2. The molecule has 0 aromatic rings. The van der Waals surface area contributed by atoms with Gasteiger partial charge in [0, 0.05) is 24.2 Å². The van der Waals surface area contributed by atoms with Crippen LogP contribution < -0.4 is 5.32 Å². The first-order valence-electron chi connectivity index (χ1n) is 9.33. The fraction of sp³-hybridized carbons (Fsp3) is 1.00. The number of rotatable bonds is 5. The van der Waals surface area contributed by atoms with E-state index in [0.29, 0.717) is 0 Å². The predicted molar refractivity (Wildman–Crippen MR) is 86.0 cm³/mol. The highest BCUT2D eigenvalue weighted by Crippen LogP contribution is 2.36. The first-order chi connectivity index (χ1) is 9.81. The van der Waals surface area contributed by atoms with Crippen LogP contribution >= 0.6 is 0 Å². The van der Waals surface area contributed by atoms with E-state index in [1.54, 1.807) is 0 Å². The first-order valence-corrected chi connectivity index (χ1v) is 9.33. The van der Waals surface area contributed by atoms with Crippen LogP contribution in [0.25, 0.3) is 0 Å². The third-order valence-electron chi connectivity index (χ3n) is 6.22. The van der Waals surface area contributed by atoms with Crippen LogP contribution in [0.1, 0.15) is 78.1 Å². The summed E-state index contributed by atoms with van der Waals surface area (Å²) < 4.78 is 0. The maximum Gasteiger partial charge on any atom is 0.0128 e. The van der Waals surface area contributed by atoms with E-state index in [1.807, 2.05) is 0 Å². The molecule has 2 saturated heterocycles. The number of fused-ring (bicyclic) bond motifs is 2. The second-order valence-corrected chi connectivity index (χ2v) is 7.52. The molecule has 0 spiro atoms. The Balaban J connectivity index is 1.70. The van der Waals surface area contributed by atoms with Crippen LogP contribution in [0.4, 0.5) is 0 Å². The molecule has 1 aliphatic carbocycles. The van der Waals surface area contributed by atoms with Crippen LogP contribution in [0.5, 0.6) is 0 Å². The Hall–Kier alpha value is -0.0800. The molecule has 0 amide bonds. The minimum atomic E-state index is 0.835. The Morgan fingerprint density at radius 1 is 0.950 bits per heavy atom. The lowest BCUT2D eigenvalue weighted by Crippen LogP contribution is -2.54. The summed E-state index contributed by atoms with van der Waals surface area (Å²) >= 11 is 0. The number of hydrogen-bond acceptors (Lipinski definition) is 2. The maximum absolute atomic E-state index is 3.82. The Morgan fingerprint density at radius 3 is 2.30 bits per heavy atom. The quantitative estimate of drug-likeness (QED) is 0.819. The van der Waals surface area contributed by atoms with Gasteiger partial charge in [0.1, 0.15) is 0 Å². The summed E-state index contributed by atoms with van der Waals surface area (Å²) in [6.45, 7) is 6.12. The molecule has 0 aromatic carbocycles. The van der Waals surface area contributed by atoms with Gasteiger partial charge < -0.3 is 5.32 Å². The van der Waals surface area contributed by atoms with Crippen molar-refractivity contribution < 1.29 is 0 Å². The molecule has 3 rings (SSSR count). The standard InChI is InChI=1S/C18H34N2/c1-3-11-20(18-8-6-5-7-14(18)4-2)17-12-15-9-10-16(13-17)19-15/h14-19H,3-13H2,1-2H3. The van der Waals surface area contributed by atoms with Gasteiger partial charge in [-0.15, -0.1) is 0 Å². The van der Waals surface area contributed by atoms with E-state index < -0.39 is 0 Å². The maximum atomic E-state index is 3.82. The third kappa shape index (κ3) is 3.06. The molecule has 2 heterocycles. The van der Waals surface area contributed by atoms with Crippen molar-refractivity contribution in [1.82, 2.24) is 10.2 Å². The molecule has 4 unspecified atom stereocenters. The minimum absolute atomic E-state index is 0.835. The van der Waals surface area contributed by atoms with Crippen LogP contribution in [0.15, 0.2) is 0 Å². The lowest BCUT2D eigenvalue weighted by molar-refractivity contribution is 0.0390. The molecule has 116 valence electrons. The molecule has 20 heavy (non-hydrogen) atoms. The summed E-state index contributed by atoms with van der Waals surface area (Å²) in [5.41, 5.74) is 0. The van der Waals surface area contributed by atoms with E-state index >= 15 is 0 Å². The van der Waals surface area contributed by atoms with Crippen molar-refractivity contribution in [2.75, 3.05) is 6.54 Å². The smallest absolute Gasteiger partial charge is 0.0128 e. The zero-order valence-corrected chi connectivity index (χ0v) is 13.6. The molecule has 1 N–H and O–H groups in total. The number of nitrogens with one attached hydrogen (secondary N) is 1. The predicted octanol–water partition coefficient (Wildman–Crippen LogP) is 3.95. The largest absolute Gasteiger partial charge is 0.311 e. The topological polar surface area (TPSA) is 15.3 Å². The second-order valence-electron chi connectivity index (χ2n) is 7.52.